The molecular weight excluding hydrogens is 204 g/mol. The molecule has 0 unspecified atom stereocenters. The molecule has 0 fully saturated rings. The Bertz CT molecular complexity index is 371. The Labute approximate surface area is 95.9 Å². The van der Waals surface area contributed by atoms with Gasteiger partial charge >= 0.3 is 5.97 Å². The van der Waals surface area contributed by atoms with Gasteiger partial charge in [-0.2, -0.15) is 0 Å². The number of hydrogen-bond acceptors (Lipinski definition) is 3. The smallest absolute Gasteiger partial charge is 0.323 e. The quantitative estimate of drug-likeness (QED) is 0.842. The molecular formula is C12H18N2O2. The third-order valence-electron chi connectivity index (χ3n) is 2.87. The first kappa shape index (κ1) is 12.6. The zero-order chi connectivity index (χ0) is 12.3. The van der Waals surface area contributed by atoms with Gasteiger partial charge in [0.05, 0.1) is 0 Å². The van der Waals surface area contributed by atoms with Gasteiger partial charge in [0, 0.05) is 18.4 Å². The molecule has 1 N–H and O–H groups in total. The van der Waals surface area contributed by atoms with Crippen molar-refractivity contribution in [2.45, 2.75) is 32.9 Å². The highest BCUT2D eigenvalue weighted by atomic mass is 16.4. The van der Waals surface area contributed by atoms with Gasteiger partial charge in [0.2, 0.25) is 0 Å². The number of carboxylic acids is 1. The summed E-state index contributed by atoms with van der Waals surface area (Å²) in [7, 11) is 1.80. The van der Waals surface area contributed by atoms with Gasteiger partial charge in [0.25, 0.3) is 0 Å². The second-order valence-electron chi connectivity index (χ2n) is 4.53. The van der Waals surface area contributed by atoms with Crippen LogP contribution in [0.1, 0.15) is 25.1 Å². The van der Waals surface area contributed by atoms with E-state index in [1.807, 2.05) is 19.1 Å². The fourth-order valence-corrected chi connectivity index (χ4v) is 1.23. The van der Waals surface area contributed by atoms with Crippen LogP contribution in [0.5, 0.6) is 0 Å². The lowest BCUT2D eigenvalue weighted by atomic mass is 10.0. The minimum atomic E-state index is -0.870. The van der Waals surface area contributed by atoms with Gasteiger partial charge in [0.15, 0.2) is 0 Å². The first-order valence-corrected chi connectivity index (χ1v) is 5.20. The molecule has 1 aromatic rings. The van der Waals surface area contributed by atoms with Crippen LogP contribution in [0.25, 0.3) is 0 Å². The van der Waals surface area contributed by atoms with Crippen molar-refractivity contribution in [1.29, 1.82) is 0 Å². The lowest BCUT2D eigenvalue weighted by Crippen LogP contribution is -2.47. The predicted molar refractivity (Wildman–Crippen MR) is 62.2 cm³/mol. The summed E-state index contributed by atoms with van der Waals surface area (Å²) < 4.78 is 0. The third kappa shape index (κ3) is 2.79. The largest absolute Gasteiger partial charge is 0.480 e. The van der Waals surface area contributed by atoms with E-state index in [1.54, 1.807) is 32.0 Å². The molecule has 16 heavy (non-hydrogen) atoms. The maximum absolute atomic E-state index is 11.0. The molecule has 0 aliphatic heterocycles. The van der Waals surface area contributed by atoms with Crippen LogP contribution in [0.4, 0.5) is 0 Å². The van der Waals surface area contributed by atoms with E-state index in [0.29, 0.717) is 6.54 Å². The molecule has 0 radical (unpaired) electrons. The SMILES string of the molecule is Cc1ccc(CN(C)C(C)(C)C(=O)O)cn1. The van der Waals surface area contributed by atoms with Crippen LogP contribution in [0.2, 0.25) is 0 Å². The molecule has 1 heterocycles. The summed E-state index contributed by atoms with van der Waals surface area (Å²) in [5.74, 6) is -0.824. The third-order valence-corrected chi connectivity index (χ3v) is 2.87. The lowest BCUT2D eigenvalue weighted by molar-refractivity contribution is -0.148. The average Bonchev–Trinajstić information content (AvgIpc) is 2.21. The van der Waals surface area contributed by atoms with E-state index in [0.717, 1.165) is 11.3 Å². The second-order valence-corrected chi connectivity index (χ2v) is 4.53. The maximum atomic E-state index is 11.0. The molecule has 0 aliphatic carbocycles. The summed E-state index contributed by atoms with van der Waals surface area (Å²) in [6.45, 7) is 5.88. The van der Waals surface area contributed by atoms with E-state index < -0.39 is 11.5 Å². The van der Waals surface area contributed by atoms with Gasteiger partial charge in [-0.3, -0.25) is 14.7 Å². The zero-order valence-electron chi connectivity index (χ0n) is 10.2. The highest BCUT2D eigenvalue weighted by molar-refractivity contribution is 5.77. The molecule has 0 aliphatic rings. The number of hydrogen-bond donors (Lipinski definition) is 1. The predicted octanol–water partition coefficient (Wildman–Crippen LogP) is 1.69. The van der Waals surface area contributed by atoms with Crippen molar-refractivity contribution in [3.8, 4) is 0 Å². The van der Waals surface area contributed by atoms with Crippen LogP contribution in [0.3, 0.4) is 0 Å². The summed E-state index contributed by atoms with van der Waals surface area (Å²) in [5, 5.41) is 9.08. The lowest BCUT2D eigenvalue weighted by Gasteiger charge is -2.31. The molecule has 88 valence electrons. The van der Waals surface area contributed by atoms with E-state index in [2.05, 4.69) is 4.98 Å². The molecule has 0 bridgehead atoms. The van der Waals surface area contributed by atoms with Crippen LogP contribution in [0.15, 0.2) is 18.3 Å². The van der Waals surface area contributed by atoms with Crippen molar-refractivity contribution in [2.75, 3.05) is 7.05 Å². The first-order chi connectivity index (χ1) is 7.34. The Morgan fingerprint density at radius 1 is 1.50 bits per heavy atom. The number of rotatable bonds is 4. The summed E-state index contributed by atoms with van der Waals surface area (Å²) >= 11 is 0. The normalized spacial score (nSPS) is 11.8. The van der Waals surface area contributed by atoms with Gasteiger partial charge < -0.3 is 5.11 Å². The summed E-state index contributed by atoms with van der Waals surface area (Å²) in [4.78, 5) is 17.0. The van der Waals surface area contributed by atoms with Crippen molar-refractivity contribution >= 4 is 5.97 Å². The van der Waals surface area contributed by atoms with Crippen molar-refractivity contribution < 1.29 is 9.90 Å². The van der Waals surface area contributed by atoms with Gasteiger partial charge in [-0.25, -0.2) is 0 Å². The first-order valence-electron chi connectivity index (χ1n) is 5.20. The fourth-order valence-electron chi connectivity index (χ4n) is 1.23. The highest BCUT2D eigenvalue weighted by Gasteiger charge is 2.31. The minimum absolute atomic E-state index is 0.576. The fraction of sp³-hybridized carbons (Fsp3) is 0.500. The standard InChI is InChI=1S/C12H18N2O2/c1-9-5-6-10(7-13-9)8-14(4)12(2,3)11(15)16/h5-7H,8H2,1-4H3,(H,15,16). The molecule has 0 atom stereocenters. The number of pyridine rings is 1. The Morgan fingerprint density at radius 3 is 2.56 bits per heavy atom. The van der Waals surface area contributed by atoms with E-state index in [4.69, 9.17) is 5.11 Å². The number of carbonyl (C=O) groups is 1. The van der Waals surface area contributed by atoms with Crippen LogP contribution in [-0.2, 0) is 11.3 Å². The average molecular weight is 222 g/mol. The number of likely N-dealkylation sites (N-methyl/N-ethyl adjacent to an activating group) is 1. The van der Waals surface area contributed by atoms with Crippen LogP contribution in [-0.4, -0.2) is 33.5 Å². The van der Waals surface area contributed by atoms with Crippen molar-refractivity contribution in [2.24, 2.45) is 0 Å². The Kier molecular flexibility index (Phi) is 3.65. The Balaban J connectivity index is 2.75. The van der Waals surface area contributed by atoms with Crippen molar-refractivity contribution in [3.05, 3.63) is 29.6 Å². The number of aryl methyl sites for hydroxylation is 1. The Hall–Kier alpha value is -1.42. The van der Waals surface area contributed by atoms with E-state index in [-0.39, 0.29) is 0 Å². The van der Waals surface area contributed by atoms with Gasteiger partial charge in [-0.05, 0) is 39.4 Å². The molecule has 0 aromatic carbocycles. The number of carboxylic acid groups (broad SMARTS) is 1. The van der Waals surface area contributed by atoms with E-state index in [1.165, 1.54) is 0 Å². The zero-order valence-corrected chi connectivity index (χ0v) is 10.2. The number of nitrogens with zero attached hydrogens (tertiary/aromatic N) is 2. The topological polar surface area (TPSA) is 53.4 Å². The molecule has 0 amide bonds. The second kappa shape index (κ2) is 4.61. The summed E-state index contributed by atoms with van der Waals surface area (Å²) in [6, 6.07) is 3.90. The number of aromatic nitrogens is 1. The van der Waals surface area contributed by atoms with E-state index in [9.17, 15) is 4.79 Å². The van der Waals surface area contributed by atoms with Crippen LogP contribution < -0.4 is 0 Å². The van der Waals surface area contributed by atoms with Gasteiger partial charge in [-0.15, -0.1) is 0 Å². The van der Waals surface area contributed by atoms with Crippen molar-refractivity contribution in [1.82, 2.24) is 9.88 Å². The summed E-state index contributed by atoms with van der Waals surface area (Å²) in [5.41, 5.74) is 1.11. The van der Waals surface area contributed by atoms with Crippen LogP contribution in [0, 0.1) is 6.92 Å². The monoisotopic (exact) mass is 222 g/mol. The minimum Gasteiger partial charge on any atom is -0.480 e. The van der Waals surface area contributed by atoms with Crippen LogP contribution >= 0.6 is 0 Å². The van der Waals surface area contributed by atoms with E-state index >= 15 is 0 Å². The Morgan fingerprint density at radius 2 is 2.12 bits per heavy atom. The molecule has 0 spiro atoms. The van der Waals surface area contributed by atoms with Crippen molar-refractivity contribution in [3.63, 3.8) is 0 Å². The molecule has 4 nitrogen and oxygen atoms in total. The molecule has 1 rings (SSSR count). The maximum Gasteiger partial charge on any atom is 0.323 e. The number of aliphatic carboxylic acids is 1. The summed E-state index contributed by atoms with van der Waals surface area (Å²) in [6.07, 6.45) is 1.78. The molecule has 1 aromatic heterocycles. The molecule has 0 saturated carbocycles. The van der Waals surface area contributed by atoms with Gasteiger partial charge in [-0.1, -0.05) is 6.07 Å². The molecule has 0 saturated heterocycles. The van der Waals surface area contributed by atoms with Gasteiger partial charge in [0.1, 0.15) is 5.54 Å². The highest BCUT2D eigenvalue weighted by Crippen LogP contribution is 2.15. The molecule has 4 heteroatoms.